The maximum atomic E-state index is 12.0. The molecule has 116 valence electrons. The molecule has 1 aromatic rings. The Bertz CT molecular complexity index is 579. The highest BCUT2D eigenvalue weighted by molar-refractivity contribution is 7.91. The number of nitrogens with one attached hydrogen (secondary N) is 1. The zero-order chi connectivity index (χ0) is 14.9. The topological polar surface area (TPSA) is 58.6 Å². The average molecular weight is 310 g/mol. The number of hydrogen-bond acceptors (Lipinski definition) is 5. The van der Waals surface area contributed by atoms with Crippen LogP contribution in [0.4, 0.5) is 5.69 Å². The first kappa shape index (κ1) is 14.8. The minimum Gasteiger partial charge on any atom is -0.380 e. The molecule has 1 N–H and O–H groups in total. The predicted molar refractivity (Wildman–Crippen MR) is 83.4 cm³/mol. The van der Waals surface area contributed by atoms with Gasteiger partial charge < -0.3 is 10.1 Å². The molecule has 2 atom stereocenters. The van der Waals surface area contributed by atoms with E-state index in [-0.39, 0.29) is 23.6 Å². The second-order valence-electron chi connectivity index (χ2n) is 5.91. The van der Waals surface area contributed by atoms with Crippen LogP contribution in [0.25, 0.3) is 0 Å². The Kier molecular flexibility index (Phi) is 4.19. The highest BCUT2D eigenvalue weighted by Gasteiger charge is 2.41. The van der Waals surface area contributed by atoms with E-state index in [4.69, 9.17) is 4.74 Å². The molecule has 0 bridgehead atoms. The number of sulfone groups is 1. The van der Waals surface area contributed by atoms with Gasteiger partial charge in [-0.25, -0.2) is 8.42 Å². The van der Waals surface area contributed by atoms with Gasteiger partial charge in [0.05, 0.1) is 30.8 Å². The summed E-state index contributed by atoms with van der Waals surface area (Å²) >= 11 is 0. The SMILES string of the molecule is Cc1ccc(NC2CS(=O)(=O)CC2N2CCOCC2)cc1. The van der Waals surface area contributed by atoms with E-state index in [0.717, 1.165) is 18.8 Å². The highest BCUT2D eigenvalue weighted by Crippen LogP contribution is 2.23. The van der Waals surface area contributed by atoms with Crippen molar-refractivity contribution in [3.05, 3.63) is 29.8 Å². The Morgan fingerprint density at radius 3 is 2.48 bits per heavy atom. The Labute approximate surface area is 126 Å². The van der Waals surface area contributed by atoms with Crippen molar-refractivity contribution in [3.8, 4) is 0 Å². The van der Waals surface area contributed by atoms with Crippen molar-refractivity contribution in [1.29, 1.82) is 0 Å². The standard InChI is InChI=1S/C15H22N2O3S/c1-12-2-4-13(5-3-12)16-14-10-21(18,19)11-15(14)17-6-8-20-9-7-17/h2-5,14-16H,6-11H2,1H3. The number of benzene rings is 1. The van der Waals surface area contributed by atoms with Crippen LogP contribution in [0.1, 0.15) is 5.56 Å². The van der Waals surface area contributed by atoms with Crippen molar-refractivity contribution in [2.75, 3.05) is 43.1 Å². The van der Waals surface area contributed by atoms with E-state index in [1.54, 1.807) is 0 Å². The number of ether oxygens (including phenoxy) is 1. The molecule has 3 rings (SSSR count). The second-order valence-corrected chi connectivity index (χ2v) is 8.06. The zero-order valence-corrected chi connectivity index (χ0v) is 13.1. The highest BCUT2D eigenvalue weighted by atomic mass is 32.2. The van der Waals surface area contributed by atoms with Crippen LogP contribution >= 0.6 is 0 Å². The molecule has 2 heterocycles. The predicted octanol–water partition coefficient (Wildman–Crippen LogP) is 0.905. The van der Waals surface area contributed by atoms with Gasteiger partial charge in [0, 0.05) is 24.8 Å². The Morgan fingerprint density at radius 1 is 1.14 bits per heavy atom. The average Bonchev–Trinajstić information content (AvgIpc) is 2.77. The molecule has 21 heavy (non-hydrogen) atoms. The minimum absolute atomic E-state index is 0.0419. The van der Waals surface area contributed by atoms with E-state index in [9.17, 15) is 8.42 Å². The van der Waals surface area contributed by atoms with Crippen LogP contribution in [0.2, 0.25) is 0 Å². The van der Waals surface area contributed by atoms with Crippen molar-refractivity contribution in [2.24, 2.45) is 0 Å². The van der Waals surface area contributed by atoms with Crippen molar-refractivity contribution in [3.63, 3.8) is 0 Å². The third-order valence-electron chi connectivity index (χ3n) is 4.24. The molecule has 2 unspecified atom stereocenters. The molecule has 2 saturated heterocycles. The Balaban J connectivity index is 1.75. The van der Waals surface area contributed by atoms with E-state index in [1.807, 2.05) is 31.2 Å². The maximum Gasteiger partial charge on any atom is 0.153 e. The number of aryl methyl sites for hydroxylation is 1. The van der Waals surface area contributed by atoms with Crippen molar-refractivity contribution in [1.82, 2.24) is 4.90 Å². The summed E-state index contributed by atoms with van der Waals surface area (Å²) in [5.74, 6) is 0.458. The first-order valence-electron chi connectivity index (χ1n) is 7.39. The van der Waals surface area contributed by atoms with Crippen LogP contribution in [0.3, 0.4) is 0 Å². The fraction of sp³-hybridized carbons (Fsp3) is 0.600. The van der Waals surface area contributed by atoms with Crippen molar-refractivity contribution >= 4 is 15.5 Å². The van der Waals surface area contributed by atoms with E-state index in [2.05, 4.69) is 10.2 Å². The van der Waals surface area contributed by atoms with Gasteiger partial charge >= 0.3 is 0 Å². The molecule has 0 saturated carbocycles. The molecule has 0 aliphatic carbocycles. The first-order valence-corrected chi connectivity index (χ1v) is 9.21. The number of anilines is 1. The lowest BCUT2D eigenvalue weighted by Gasteiger charge is -2.35. The molecule has 0 aromatic heterocycles. The first-order chi connectivity index (χ1) is 10.0. The smallest absolute Gasteiger partial charge is 0.153 e. The normalized spacial score (nSPS) is 29.4. The van der Waals surface area contributed by atoms with Gasteiger partial charge in [0.15, 0.2) is 9.84 Å². The van der Waals surface area contributed by atoms with E-state index in [0.29, 0.717) is 13.2 Å². The van der Waals surface area contributed by atoms with Crippen LogP contribution in [-0.4, -0.2) is 63.2 Å². The number of hydrogen-bond donors (Lipinski definition) is 1. The fourth-order valence-corrected chi connectivity index (χ4v) is 5.05. The molecule has 2 fully saturated rings. The lowest BCUT2D eigenvalue weighted by atomic mass is 10.1. The van der Waals surface area contributed by atoms with Gasteiger partial charge in [-0.3, -0.25) is 4.90 Å². The number of nitrogens with zero attached hydrogens (tertiary/aromatic N) is 1. The van der Waals surface area contributed by atoms with Gasteiger partial charge in [-0.1, -0.05) is 17.7 Å². The zero-order valence-electron chi connectivity index (χ0n) is 12.3. The molecule has 0 radical (unpaired) electrons. The Morgan fingerprint density at radius 2 is 1.81 bits per heavy atom. The molecule has 1 aromatic carbocycles. The largest absolute Gasteiger partial charge is 0.380 e. The summed E-state index contributed by atoms with van der Waals surface area (Å²) in [7, 11) is -2.97. The van der Waals surface area contributed by atoms with Gasteiger partial charge in [-0.15, -0.1) is 0 Å². The van der Waals surface area contributed by atoms with Gasteiger partial charge in [0.25, 0.3) is 0 Å². The summed E-state index contributed by atoms with van der Waals surface area (Å²) in [4.78, 5) is 2.25. The molecule has 2 aliphatic heterocycles. The molecule has 6 heteroatoms. The van der Waals surface area contributed by atoms with E-state index < -0.39 is 9.84 Å². The van der Waals surface area contributed by atoms with Crippen LogP contribution in [0.5, 0.6) is 0 Å². The summed E-state index contributed by atoms with van der Waals surface area (Å²) < 4.78 is 29.4. The van der Waals surface area contributed by atoms with Crippen LogP contribution in [0.15, 0.2) is 24.3 Å². The monoisotopic (exact) mass is 310 g/mol. The third-order valence-corrected chi connectivity index (χ3v) is 5.96. The molecular weight excluding hydrogens is 288 g/mol. The summed E-state index contributed by atoms with van der Waals surface area (Å²) in [5.41, 5.74) is 2.19. The molecule has 0 spiro atoms. The van der Waals surface area contributed by atoms with Crippen molar-refractivity contribution in [2.45, 2.75) is 19.0 Å². The van der Waals surface area contributed by atoms with Gasteiger partial charge in [-0.05, 0) is 19.1 Å². The number of rotatable bonds is 3. The maximum absolute atomic E-state index is 12.0. The Hall–Kier alpha value is -1.11. The molecule has 0 amide bonds. The minimum atomic E-state index is -2.97. The lowest BCUT2D eigenvalue weighted by Crippen LogP contribution is -2.50. The molecule has 5 nitrogen and oxygen atoms in total. The van der Waals surface area contributed by atoms with E-state index >= 15 is 0 Å². The van der Waals surface area contributed by atoms with Crippen molar-refractivity contribution < 1.29 is 13.2 Å². The number of morpholine rings is 1. The van der Waals surface area contributed by atoms with Gasteiger partial charge in [-0.2, -0.15) is 0 Å². The van der Waals surface area contributed by atoms with E-state index in [1.165, 1.54) is 5.56 Å². The van der Waals surface area contributed by atoms with Crippen LogP contribution in [0, 0.1) is 6.92 Å². The summed E-state index contributed by atoms with van der Waals surface area (Å²) in [6, 6.07) is 8.09. The second kappa shape index (κ2) is 5.94. The van der Waals surface area contributed by atoms with Gasteiger partial charge in [0.2, 0.25) is 0 Å². The summed E-state index contributed by atoms with van der Waals surface area (Å²) in [6.07, 6.45) is 0. The third kappa shape index (κ3) is 3.56. The summed E-state index contributed by atoms with van der Waals surface area (Å²) in [6.45, 7) is 5.04. The molecule has 2 aliphatic rings. The molecular formula is C15H22N2O3S. The van der Waals surface area contributed by atoms with Crippen LogP contribution in [-0.2, 0) is 14.6 Å². The lowest BCUT2D eigenvalue weighted by molar-refractivity contribution is 0.0199. The van der Waals surface area contributed by atoms with Gasteiger partial charge in [0.1, 0.15) is 0 Å². The fourth-order valence-electron chi connectivity index (χ4n) is 3.10. The summed E-state index contributed by atoms with van der Waals surface area (Å²) in [5, 5.41) is 3.41. The van der Waals surface area contributed by atoms with Crippen LogP contribution < -0.4 is 5.32 Å². The quantitative estimate of drug-likeness (QED) is 0.899.